The second kappa shape index (κ2) is 12.0. The molecule has 0 aliphatic carbocycles. The van der Waals surface area contributed by atoms with E-state index in [1.165, 1.54) is 13.3 Å². The zero-order valence-corrected chi connectivity index (χ0v) is 19.6. The van der Waals surface area contributed by atoms with Gasteiger partial charge in [-0.25, -0.2) is 5.43 Å². The quantitative estimate of drug-likeness (QED) is 0.263. The molecule has 9 nitrogen and oxygen atoms in total. The second-order valence-electron chi connectivity index (χ2n) is 7.61. The topological polar surface area (TPSA) is 118 Å². The van der Waals surface area contributed by atoms with Crippen molar-refractivity contribution in [1.82, 2.24) is 5.43 Å². The van der Waals surface area contributed by atoms with E-state index in [-0.39, 0.29) is 12.5 Å². The SMILES string of the molecule is COc1ccc(NC(=O)C(=O)N/N=C\c2ccc(OCC(=O)Nc3ccc(C)cc3C)cc2)cc1. The van der Waals surface area contributed by atoms with Gasteiger partial charge < -0.3 is 20.1 Å². The number of amides is 3. The number of benzene rings is 3. The normalized spacial score (nSPS) is 10.5. The van der Waals surface area contributed by atoms with E-state index < -0.39 is 11.8 Å². The highest BCUT2D eigenvalue weighted by Crippen LogP contribution is 2.17. The predicted molar refractivity (Wildman–Crippen MR) is 134 cm³/mol. The number of hydrogen-bond donors (Lipinski definition) is 3. The van der Waals surface area contributed by atoms with Gasteiger partial charge in [-0.15, -0.1) is 0 Å². The minimum Gasteiger partial charge on any atom is -0.497 e. The minimum absolute atomic E-state index is 0.139. The standard InChI is InChI=1S/C26H26N4O5/c1-17-4-13-23(18(2)14-17)29-24(31)16-35-22-9-5-19(6-10-22)15-27-30-26(33)25(32)28-20-7-11-21(34-3)12-8-20/h4-15H,16H2,1-3H3,(H,28,32)(H,29,31)(H,30,33)/b27-15-. The van der Waals surface area contributed by atoms with Crippen LogP contribution in [0.15, 0.2) is 71.8 Å². The summed E-state index contributed by atoms with van der Waals surface area (Å²) in [6, 6.07) is 19.1. The number of nitrogens with zero attached hydrogens (tertiary/aromatic N) is 1. The highest BCUT2D eigenvalue weighted by molar-refractivity contribution is 6.39. The molecule has 0 unspecified atom stereocenters. The number of rotatable bonds is 8. The first-order chi connectivity index (χ1) is 16.8. The van der Waals surface area contributed by atoms with Gasteiger partial charge in [-0.05, 0) is 79.6 Å². The fourth-order valence-corrected chi connectivity index (χ4v) is 3.02. The molecule has 0 saturated carbocycles. The number of ether oxygens (including phenoxy) is 2. The molecule has 0 radical (unpaired) electrons. The van der Waals surface area contributed by atoms with Gasteiger partial charge in [0.25, 0.3) is 5.91 Å². The molecule has 0 aromatic heterocycles. The number of hydrogen-bond acceptors (Lipinski definition) is 6. The van der Waals surface area contributed by atoms with Crippen LogP contribution < -0.4 is 25.5 Å². The molecule has 180 valence electrons. The lowest BCUT2D eigenvalue weighted by molar-refractivity contribution is -0.136. The van der Waals surface area contributed by atoms with E-state index in [0.29, 0.717) is 22.7 Å². The molecule has 3 aromatic rings. The molecular formula is C26H26N4O5. The molecule has 3 rings (SSSR count). The average molecular weight is 475 g/mol. The fourth-order valence-electron chi connectivity index (χ4n) is 3.02. The molecule has 0 aliphatic heterocycles. The summed E-state index contributed by atoms with van der Waals surface area (Å²) in [4.78, 5) is 36.0. The van der Waals surface area contributed by atoms with E-state index in [9.17, 15) is 14.4 Å². The molecule has 0 spiro atoms. The summed E-state index contributed by atoms with van der Waals surface area (Å²) in [7, 11) is 1.53. The molecule has 0 bridgehead atoms. The number of anilines is 2. The van der Waals surface area contributed by atoms with Crippen molar-refractivity contribution in [3.05, 3.63) is 83.4 Å². The van der Waals surface area contributed by atoms with Gasteiger partial charge in [0.05, 0.1) is 13.3 Å². The average Bonchev–Trinajstić information content (AvgIpc) is 2.85. The summed E-state index contributed by atoms with van der Waals surface area (Å²) in [6.07, 6.45) is 1.38. The van der Waals surface area contributed by atoms with E-state index in [1.807, 2.05) is 32.0 Å². The molecule has 0 aliphatic rings. The van der Waals surface area contributed by atoms with Crippen LogP contribution in [0.4, 0.5) is 11.4 Å². The number of carbonyl (C=O) groups excluding carboxylic acids is 3. The van der Waals surface area contributed by atoms with Crippen molar-refractivity contribution in [2.75, 3.05) is 24.4 Å². The van der Waals surface area contributed by atoms with Crippen molar-refractivity contribution >= 4 is 35.3 Å². The molecule has 3 amide bonds. The molecule has 0 saturated heterocycles. The number of methoxy groups -OCH3 is 1. The number of carbonyl (C=O) groups is 3. The summed E-state index contributed by atoms with van der Waals surface area (Å²) in [6.45, 7) is 3.78. The first-order valence-electron chi connectivity index (χ1n) is 10.7. The third kappa shape index (κ3) is 7.71. The first kappa shape index (κ1) is 25.0. The Kier molecular flexibility index (Phi) is 8.55. The van der Waals surface area contributed by atoms with Crippen LogP contribution in [0, 0.1) is 13.8 Å². The van der Waals surface area contributed by atoms with Gasteiger partial charge in [-0.1, -0.05) is 17.7 Å². The van der Waals surface area contributed by atoms with Crippen molar-refractivity contribution in [3.8, 4) is 11.5 Å². The summed E-state index contributed by atoms with van der Waals surface area (Å²) >= 11 is 0. The van der Waals surface area contributed by atoms with Gasteiger partial charge in [0, 0.05) is 11.4 Å². The Balaban J connectivity index is 1.43. The highest BCUT2D eigenvalue weighted by Gasteiger charge is 2.12. The van der Waals surface area contributed by atoms with E-state index >= 15 is 0 Å². The van der Waals surface area contributed by atoms with Crippen molar-refractivity contribution in [2.45, 2.75) is 13.8 Å². The molecule has 9 heteroatoms. The predicted octanol–water partition coefficient (Wildman–Crippen LogP) is 3.42. The number of nitrogens with one attached hydrogen (secondary N) is 3. The van der Waals surface area contributed by atoms with Crippen LogP contribution in [0.1, 0.15) is 16.7 Å². The number of hydrazone groups is 1. The summed E-state index contributed by atoms with van der Waals surface area (Å²) in [5.41, 5.74) is 6.13. The van der Waals surface area contributed by atoms with Crippen molar-refractivity contribution in [2.24, 2.45) is 5.10 Å². The van der Waals surface area contributed by atoms with Gasteiger partial charge >= 0.3 is 11.8 Å². The molecule has 3 N–H and O–H groups in total. The van der Waals surface area contributed by atoms with Crippen LogP contribution in [-0.4, -0.2) is 37.7 Å². The Bertz CT molecular complexity index is 1220. The lowest BCUT2D eigenvalue weighted by Crippen LogP contribution is -2.32. The summed E-state index contributed by atoms with van der Waals surface area (Å²) in [5, 5.41) is 9.07. The Morgan fingerprint density at radius 1 is 0.857 bits per heavy atom. The van der Waals surface area contributed by atoms with Crippen LogP contribution in [0.2, 0.25) is 0 Å². The molecule has 35 heavy (non-hydrogen) atoms. The second-order valence-corrected chi connectivity index (χ2v) is 7.61. The third-order valence-electron chi connectivity index (χ3n) is 4.84. The molecule has 3 aromatic carbocycles. The summed E-state index contributed by atoms with van der Waals surface area (Å²) < 4.78 is 10.6. The zero-order chi connectivity index (χ0) is 25.2. The summed E-state index contributed by atoms with van der Waals surface area (Å²) in [5.74, 6) is -0.893. The first-order valence-corrected chi connectivity index (χ1v) is 10.7. The highest BCUT2D eigenvalue weighted by atomic mass is 16.5. The van der Waals surface area contributed by atoms with Crippen LogP contribution in [0.5, 0.6) is 11.5 Å². The maximum atomic E-state index is 12.2. The van der Waals surface area contributed by atoms with Gasteiger partial charge in [-0.3, -0.25) is 14.4 Å². The largest absolute Gasteiger partial charge is 0.497 e. The Morgan fingerprint density at radius 2 is 1.54 bits per heavy atom. The van der Waals surface area contributed by atoms with Crippen LogP contribution >= 0.6 is 0 Å². The van der Waals surface area contributed by atoms with Crippen LogP contribution in [0.3, 0.4) is 0 Å². The molecule has 0 atom stereocenters. The van der Waals surface area contributed by atoms with Crippen molar-refractivity contribution in [3.63, 3.8) is 0 Å². The Labute approximate surface area is 203 Å². The van der Waals surface area contributed by atoms with E-state index in [4.69, 9.17) is 9.47 Å². The van der Waals surface area contributed by atoms with Gasteiger partial charge in [0.15, 0.2) is 6.61 Å². The number of aryl methyl sites for hydroxylation is 2. The monoisotopic (exact) mass is 474 g/mol. The van der Waals surface area contributed by atoms with Crippen molar-refractivity contribution < 1.29 is 23.9 Å². The van der Waals surface area contributed by atoms with Gasteiger partial charge in [0.1, 0.15) is 11.5 Å². The van der Waals surface area contributed by atoms with E-state index in [2.05, 4.69) is 21.2 Å². The Morgan fingerprint density at radius 3 is 2.20 bits per heavy atom. The van der Waals surface area contributed by atoms with Gasteiger partial charge in [-0.2, -0.15) is 5.10 Å². The van der Waals surface area contributed by atoms with Crippen LogP contribution in [0.25, 0.3) is 0 Å². The fraction of sp³-hybridized carbons (Fsp3) is 0.154. The molecule has 0 fully saturated rings. The molecular weight excluding hydrogens is 448 g/mol. The maximum Gasteiger partial charge on any atom is 0.329 e. The lowest BCUT2D eigenvalue weighted by Gasteiger charge is -2.10. The molecule has 0 heterocycles. The zero-order valence-electron chi connectivity index (χ0n) is 19.6. The van der Waals surface area contributed by atoms with E-state index in [0.717, 1.165) is 16.8 Å². The van der Waals surface area contributed by atoms with Crippen molar-refractivity contribution in [1.29, 1.82) is 0 Å². The third-order valence-corrected chi connectivity index (χ3v) is 4.84. The van der Waals surface area contributed by atoms with E-state index in [1.54, 1.807) is 48.5 Å². The van der Waals surface area contributed by atoms with Crippen LogP contribution in [-0.2, 0) is 14.4 Å². The van der Waals surface area contributed by atoms with Gasteiger partial charge in [0.2, 0.25) is 0 Å². The minimum atomic E-state index is -0.910. The maximum absolute atomic E-state index is 12.2. The smallest absolute Gasteiger partial charge is 0.329 e. The Hall–Kier alpha value is -4.66. The lowest BCUT2D eigenvalue weighted by atomic mass is 10.1.